The van der Waals surface area contributed by atoms with Crippen molar-refractivity contribution in [3.8, 4) is 11.5 Å². The molecule has 1 amide bonds. The summed E-state index contributed by atoms with van der Waals surface area (Å²) >= 11 is 12.3. The van der Waals surface area contributed by atoms with Crippen molar-refractivity contribution < 1.29 is 14.3 Å². The lowest BCUT2D eigenvalue weighted by Crippen LogP contribution is -2.15. The maximum atomic E-state index is 12.4. The van der Waals surface area contributed by atoms with Gasteiger partial charge in [0, 0.05) is 34.2 Å². The molecule has 0 aliphatic carbocycles. The molecule has 0 fully saturated rings. The largest absolute Gasteiger partial charge is 0.493 e. The number of halogens is 2. The van der Waals surface area contributed by atoms with Gasteiger partial charge >= 0.3 is 0 Å². The normalized spacial score (nSPS) is 10.4. The highest BCUT2D eigenvalue weighted by molar-refractivity contribution is 6.36. The number of amides is 1. The topological polar surface area (TPSA) is 60.5 Å². The minimum Gasteiger partial charge on any atom is -0.493 e. The number of benzene rings is 2. The van der Waals surface area contributed by atoms with Crippen LogP contribution in [0.3, 0.4) is 0 Å². The van der Waals surface area contributed by atoms with Crippen LogP contribution in [0, 0.1) is 0 Å². The summed E-state index contributed by atoms with van der Waals surface area (Å²) in [5, 5.41) is 3.75. The number of rotatable bonds is 7. The van der Waals surface area contributed by atoms with E-state index in [9.17, 15) is 4.79 Å². The Morgan fingerprint density at radius 2 is 1.75 bits per heavy atom. The van der Waals surface area contributed by atoms with Gasteiger partial charge in [-0.2, -0.15) is 0 Å². The monoisotopic (exact) mass is 416 g/mol. The second kappa shape index (κ2) is 9.44. The molecule has 0 aliphatic rings. The Bertz CT molecular complexity index is 945. The molecule has 1 N–H and O–H groups in total. The van der Waals surface area contributed by atoms with E-state index < -0.39 is 0 Å². The standard InChI is InChI=1S/C21H18Cl2N2O3/c1-27-19-6-5-15(11-20(19)28-13-14-7-9-24-10-8-14)25-21(26)12-16-17(22)3-2-4-18(16)23/h2-11H,12-13H2,1H3,(H,25,26). The molecule has 3 aromatic rings. The molecule has 0 spiro atoms. The summed E-state index contributed by atoms with van der Waals surface area (Å²) in [5.41, 5.74) is 2.14. The van der Waals surface area contributed by atoms with E-state index in [0.29, 0.717) is 39.4 Å². The Balaban J connectivity index is 1.71. The van der Waals surface area contributed by atoms with Gasteiger partial charge in [-0.15, -0.1) is 0 Å². The van der Waals surface area contributed by atoms with Gasteiger partial charge < -0.3 is 14.8 Å². The summed E-state index contributed by atoms with van der Waals surface area (Å²) in [5.74, 6) is 0.856. The summed E-state index contributed by atoms with van der Waals surface area (Å²) in [6.07, 6.45) is 3.47. The molecule has 1 aromatic heterocycles. The first-order chi connectivity index (χ1) is 13.6. The third kappa shape index (κ3) is 5.15. The van der Waals surface area contributed by atoms with Crippen molar-refractivity contribution in [2.24, 2.45) is 0 Å². The van der Waals surface area contributed by atoms with E-state index in [1.807, 2.05) is 12.1 Å². The van der Waals surface area contributed by atoms with Crippen LogP contribution in [-0.2, 0) is 17.8 Å². The lowest BCUT2D eigenvalue weighted by molar-refractivity contribution is -0.115. The molecule has 0 saturated heterocycles. The van der Waals surface area contributed by atoms with Crippen LogP contribution in [-0.4, -0.2) is 18.0 Å². The SMILES string of the molecule is COc1ccc(NC(=O)Cc2c(Cl)cccc2Cl)cc1OCc1ccncc1. The van der Waals surface area contributed by atoms with E-state index in [0.717, 1.165) is 5.56 Å². The molecular formula is C21H18Cl2N2O3. The van der Waals surface area contributed by atoms with Gasteiger partial charge in [0.15, 0.2) is 11.5 Å². The third-order valence-corrected chi connectivity index (χ3v) is 4.70. The number of hydrogen-bond acceptors (Lipinski definition) is 4. The van der Waals surface area contributed by atoms with Gasteiger partial charge in [-0.25, -0.2) is 0 Å². The summed E-state index contributed by atoms with van der Waals surface area (Å²) in [4.78, 5) is 16.4. The number of carbonyl (C=O) groups excluding carboxylic acids is 1. The number of anilines is 1. The zero-order valence-electron chi connectivity index (χ0n) is 15.1. The van der Waals surface area contributed by atoms with Crippen LogP contribution in [0.15, 0.2) is 60.9 Å². The molecule has 0 radical (unpaired) electrons. The second-order valence-corrected chi connectivity index (χ2v) is 6.75. The zero-order valence-corrected chi connectivity index (χ0v) is 16.6. The van der Waals surface area contributed by atoms with Gasteiger partial charge in [0.2, 0.25) is 5.91 Å². The molecule has 144 valence electrons. The van der Waals surface area contributed by atoms with E-state index in [2.05, 4.69) is 10.3 Å². The fourth-order valence-electron chi connectivity index (χ4n) is 2.57. The molecule has 1 heterocycles. The number of pyridine rings is 1. The molecule has 7 heteroatoms. The minimum atomic E-state index is -0.236. The fourth-order valence-corrected chi connectivity index (χ4v) is 3.11. The number of hydrogen-bond donors (Lipinski definition) is 1. The van der Waals surface area contributed by atoms with Crippen LogP contribution in [0.2, 0.25) is 10.0 Å². The van der Waals surface area contributed by atoms with E-state index in [1.54, 1.807) is 55.9 Å². The Morgan fingerprint density at radius 3 is 2.43 bits per heavy atom. The van der Waals surface area contributed by atoms with Crippen molar-refractivity contribution in [2.75, 3.05) is 12.4 Å². The van der Waals surface area contributed by atoms with Crippen LogP contribution >= 0.6 is 23.2 Å². The number of nitrogens with one attached hydrogen (secondary N) is 1. The van der Waals surface area contributed by atoms with E-state index >= 15 is 0 Å². The highest BCUT2D eigenvalue weighted by Gasteiger charge is 2.13. The number of carbonyl (C=O) groups is 1. The van der Waals surface area contributed by atoms with Crippen molar-refractivity contribution >= 4 is 34.8 Å². The fraction of sp³-hybridized carbons (Fsp3) is 0.143. The van der Waals surface area contributed by atoms with Crippen molar-refractivity contribution in [2.45, 2.75) is 13.0 Å². The third-order valence-electron chi connectivity index (χ3n) is 3.99. The molecular weight excluding hydrogens is 399 g/mol. The lowest BCUT2D eigenvalue weighted by atomic mass is 10.1. The van der Waals surface area contributed by atoms with Gasteiger partial charge in [-0.1, -0.05) is 29.3 Å². The van der Waals surface area contributed by atoms with Gasteiger partial charge in [0.25, 0.3) is 0 Å². The van der Waals surface area contributed by atoms with Crippen molar-refractivity contribution in [3.05, 3.63) is 82.1 Å². The highest BCUT2D eigenvalue weighted by Crippen LogP contribution is 2.31. The minimum absolute atomic E-state index is 0.0672. The number of nitrogens with zero attached hydrogens (tertiary/aromatic N) is 1. The summed E-state index contributed by atoms with van der Waals surface area (Å²) < 4.78 is 11.2. The maximum Gasteiger partial charge on any atom is 0.228 e. The maximum absolute atomic E-state index is 12.4. The van der Waals surface area contributed by atoms with Crippen molar-refractivity contribution in [1.29, 1.82) is 0 Å². The molecule has 28 heavy (non-hydrogen) atoms. The number of ether oxygens (including phenoxy) is 2. The van der Waals surface area contributed by atoms with Crippen LogP contribution in [0.1, 0.15) is 11.1 Å². The second-order valence-electron chi connectivity index (χ2n) is 5.93. The van der Waals surface area contributed by atoms with Crippen LogP contribution < -0.4 is 14.8 Å². The highest BCUT2D eigenvalue weighted by atomic mass is 35.5. The predicted octanol–water partition coefficient (Wildman–Crippen LogP) is 5.16. The zero-order chi connectivity index (χ0) is 19.9. The van der Waals surface area contributed by atoms with E-state index in [4.69, 9.17) is 32.7 Å². The number of aromatic nitrogens is 1. The first-order valence-electron chi connectivity index (χ1n) is 8.49. The van der Waals surface area contributed by atoms with Gasteiger partial charge in [-0.3, -0.25) is 9.78 Å². The molecule has 0 aliphatic heterocycles. The van der Waals surface area contributed by atoms with Crippen LogP contribution in [0.25, 0.3) is 0 Å². The van der Waals surface area contributed by atoms with Crippen LogP contribution in [0.4, 0.5) is 5.69 Å². The molecule has 0 bridgehead atoms. The van der Waals surface area contributed by atoms with E-state index in [-0.39, 0.29) is 12.3 Å². The molecule has 0 unspecified atom stereocenters. The molecule has 3 rings (SSSR count). The molecule has 2 aromatic carbocycles. The van der Waals surface area contributed by atoms with Crippen molar-refractivity contribution in [1.82, 2.24) is 4.98 Å². The van der Waals surface area contributed by atoms with Gasteiger partial charge in [0.05, 0.1) is 13.5 Å². The van der Waals surface area contributed by atoms with Gasteiger partial charge in [0.1, 0.15) is 6.61 Å². The van der Waals surface area contributed by atoms with Gasteiger partial charge in [-0.05, 0) is 47.5 Å². The molecule has 0 atom stereocenters. The van der Waals surface area contributed by atoms with E-state index in [1.165, 1.54) is 0 Å². The number of methoxy groups -OCH3 is 1. The Morgan fingerprint density at radius 1 is 1.04 bits per heavy atom. The summed E-state index contributed by atoms with van der Waals surface area (Å²) in [6.45, 7) is 0.353. The lowest BCUT2D eigenvalue weighted by Gasteiger charge is -2.13. The Hall–Kier alpha value is -2.76. The Kier molecular flexibility index (Phi) is 6.74. The quantitative estimate of drug-likeness (QED) is 0.577. The average molecular weight is 417 g/mol. The first-order valence-corrected chi connectivity index (χ1v) is 9.25. The Labute approximate surface area is 173 Å². The predicted molar refractivity (Wildman–Crippen MR) is 110 cm³/mol. The average Bonchev–Trinajstić information content (AvgIpc) is 2.70. The molecule has 0 saturated carbocycles. The smallest absolute Gasteiger partial charge is 0.228 e. The van der Waals surface area contributed by atoms with Crippen molar-refractivity contribution in [3.63, 3.8) is 0 Å². The van der Waals surface area contributed by atoms with Crippen LogP contribution in [0.5, 0.6) is 11.5 Å². The molecule has 5 nitrogen and oxygen atoms in total. The summed E-state index contributed by atoms with van der Waals surface area (Å²) in [6, 6.07) is 14.1. The summed E-state index contributed by atoms with van der Waals surface area (Å²) in [7, 11) is 1.56. The first kappa shape index (κ1) is 20.0.